The molecule has 0 aliphatic rings. The molecule has 1 N–H and O–H groups in total. The molecule has 5 heteroatoms. The number of esters is 1. The number of nitrogens with one attached hydrogen (secondary N) is 1. The molecule has 0 radical (unpaired) electrons. The third-order valence-electron chi connectivity index (χ3n) is 3.34. The number of aryl methyl sites for hydroxylation is 2. The Morgan fingerprint density at radius 1 is 1.27 bits per heavy atom. The molecule has 1 heterocycles. The van der Waals surface area contributed by atoms with Crippen molar-refractivity contribution in [3.63, 3.8) is 0 Å². The first-order chi connectivity index (χ1) is 10.6. The van der Waals surface area contributed by atoms with E-state index in [-0.39, 0.29) is 5.91 Å². The van der Waals surface area contributed by atoms with Crippen LogP contribution in [0.5, 0.6) is 0 Å². The van der Waals surface area contributed by atoms with Crippen LogP contribution in [0.4, 0.5) is 5.69 Å². The first kappa shape index (κ1) is 16.2. The van der Waals surface area contributed by atoms with Gasteiger partial charge in [0.1, 0.15) is 0 Å². The molecule has 0 saturated carbocycles. The van der Waals surface area contributed by atoms with Crippen LogP contribution in [0.15, 0.2) is 30.3 Å². The highest BCUT2D eigenvalue weighted by molar-refractivity contribution is 7.14. The van der Waals surface area contributed by atoms with E-state index in [9.17, 15) is 9.59 Å². The molecule has 0 saturated heterocycles. The highest BCUT2D eigenvalue weighted by atomic mass is 32.1. The van der Waals surface area contributed by atoms with Gasteiger partial charge in [-0.25, -0.2) is 4.79 Å². The maximum atomic E-state index is 12.4. The second-order valence-corrected chi connectivity index (χ2v) is 6.19. The molecular formula is C17H19NO3S. The number of thiophene rings is 1. The van der Waals surface area contributed by atoms with E-state index in [1.807, 2.05) is 13.0 Å². The lowest BCUT2D eigenvalue weighted by molar-refractivity contribution is 0.0602. The van der Waals surface area contributed by atoms with Crippen molar-refractivity contribution in [1.29, 1.82) is 0 Å². The van der Waals surface area contributed by atoms with Crippen molar-refractivity contribution in [2.75, 3.05) is 12.4 Å². The predicted molar refractivity (Wildman–Crippen MR) is 88.8 cm³/mol. The van der Waals surface area contributed by atoms with Crippen LogP contribution in [0.25, 0.3) is 0 Å². The van der Waals surface area contributed by atoms with Crippen LogP contribution in [0.3, 0.4) is 0 Å². The zero-order valence-electron chi connectivity index (χ0n) is 12.9. The molecule has 1 aromatic heterocycles. The maximum absolute atomic E-state index is 12.4. The van der Waals surface area contributed by atoms with Gasteiger partial charge >= 0.3 is 5.97 Å². The Hall–Kier alpha value is -2.14. The summed E-state index contributed by atoms with van der Waals surface area (Å²) in [4.78, 5) is 25.9. The molecule has 22 heavy (non-hydrogen) atoms. The fourth-order valence-electron chi connectivity index (χ4n) is 2.21. The molecule has 0 aliphatic heterocycles. The van der Waals surface area contributed by atoms with E-state index in [1.54, 1.807) is 24.3 Å². The number of hydrogen-bond acceptors (Lipinski definition) is 4. The molecular weight excluding hydrogens is 298 g/mol. The smallest absolute Gasteiger partial charge is 0.339 e. The lowest BCUT2D eigenvalue weighted by Gasteiger charge is -2.08. The van der Waals surface area contributed by atoms with Crippen LogP contribution in [0.2, 0.25) is 0 Å². The number of benzene rings is 1. The minimum Gasteiger partial charge on any atom is -0.465 e. The Morgan fingerprint density at radius 3 is 2.68 bits per heavy atom. The van der Waals surface area contributed by atoms with Crippen LogP contribution >= 0.6 is 11.3 Å². The van der Waals surface area contributed by atoms with E-state index in [0.29, 0.717) is 16.1 Å². The van der Waals surface area contributed by atoms with Gasteiger partial charge in [-0.3, -0.25) is 4.79 Å². The van der Waals surface area contributed by atoms with Gasteiger partial charge in [0.05, 0.1) is 23.2 Å². The number of carbonyl (C=O) groups excluding carboxylic acids is 2. The third-order valence-corrected chi connectivity index (χ3v) is 4.44. The fourth-order valence-corrected chi connectivity index (χ4v) is 3.18. The Labute approximate surface area is 134 Å². The van der Waals surface area contributed by atoms with Crippen molar-refractivity contribution < 1.29 is 14.3 Å². The molecule has 2 rings (SSSR count). The van der Waals surface area contributed by atoms with Crippen LogP contribution in [0.1, 0.15) is 43.8 Å². The zero-order chi connectivity index (χ0) is 16.1. The van der Waals surface area contributed by atoms with E-state index in [0.717, 1.165) is 17.7 Å². The van der Waals surface area contributed by atoms with Gasteiger partial charge in [0.25, 0.3) is 5.91 Å². The van der Waals surface area contributed by atoms with Crippen molar-refractivity contribution in [3.8, 4) is 0 Å². The number of rotatable bonds is 5. The number of ether oxygens (including phenoxy) is 1. The van der Waals surface area contributed by atoms with Gasteiger partial charge in [0.15, 0.2) is 0 Å². The van der Waals surface area contributed by atoms with Gasteiger partial charge in [-0.1, -0.05) is 25.5 Å². The highest BCUT2D eigenvalue weighted by Gasteiger charge is 2.16. The second kappa shape index (κ2) is 7.22. The van der Waals surface area contributed by atoms with Crippen molar-refractivity contribution in [2.45, 2.75) is 26.7 Å². The van der Waals surface area contributed by atoms with Gasteiger partial charge < -0.3 is 10.1 Å². The number of amides is 1. The summed E-state index contributed by atoms with van der Waals surface area (Å²) in [6, 6.07) is 8.75. The predicted octanol–water partition coefficient (Wildman–Crippen LogP) is 4.05. The number of hydrogen-bond donors (Lipinski definition) is 1. The normalized spacial score (nSPS) is 10.3. The number of para-hydroxylation sites is 1. The summed E-state index contributed by atoms with van der Waals surface area (Å²) in [5.74, 6) is -0.670. The quantitative estimate of drug-likeness (QED) is 0.847. The summed E-state index contributed by atoms with van der Waals surface area (Å²) >= 11 is 1.47. The average Bonchev–Trinajstić information content (AvgIpc) is 2.89. The summed E-state index contributed by atoms with van der Waals surface area (Å²) in [7, 11) is 1.32. The van der Waals surface area contributed by atoms with Gasteiger partial charge in [0.2, 0.25) is 0 Å². The first-order valence-electron chi connectivity index (χ1n) is 7.14. The molecule has 116 valence electrons. The number of carbonyl (C=O) groups is 2. The van der Waals surface area contributed by atoms with Crippen molar-refractivity contribution in [2.24, 2.45) is 0 Å². The monoisotopic (exact) mass is 317 g/mol. The van der Waals surface area contributed by atoms with E-state index >= 15 is 0 Å². The van der Waals surface area contributed by atoms with Gasteiger partial charge in [-0.05, 0) is 37.1 Å². The standard InChI is InChI=1S/C17H19NO3S/c1-4-7-12-10-15(22-11(12)2)16(19)18-14-9-6-5-8-13(14)17(20)21-3/h5-6,8-10H,4,7H2,1-3H3,(H,18,19). The lowest BCUT2D eigenvalue weighted by atomic mass is 10.1. The van der Waals surface area contributed by atoms with E-state index in [1.165, 1.54) is 24.0 Å². The van der Waals surface area contributed by atoms with Gasteiger partial charge in [0, 0.05) is 4.88 Å². The Balaban J connectivity index is 2.22. The minimum absolute atomic E-state index is 0.202. The number of methoxy groups -OCH3 is 1. The highest BCUT2D eigenvalue weighted by Crippen LogP contribution is 2.24. The molecule has 0 bridgehead atoms. The Kier molecular flexibility index (Phi) is 5.33. The third kappa shape index (κ3) is 3.54. The molecule has 0 atom stereocenters. The largest absolute Gasteiger partial charge is 0.465 e. The average molecular weight is 317 g/mol. The molecule has 1 aromatic carbocycles. The summed E-state index contributed by atoms with van der Waals surface area (Å²) in [6.07, 6.45) is 2.01. The fraction of sp³-hybridized carbons (Fsp3) is 0.294. The number of anilines is 1. The molecule has 1 amide bonds. The molecule has 0 fully saturated rings. The van der Waals surface area contributed by atoms with Gasteiger partial charge in [-0.2, -0.15) is 0 Å². The van der Waals surface area contributed by atoms with Crippen molar-refractivity contribution >= 4 is 28.9 Å². The van der Waals surface area contributed by atoms with Crippen molar-refractivity contribution in [3.05, 3.63) is 51.2 Å². The summed E-state index contributed by atoms with van der Waals surface area (Å²) in [5.41, 5.74) is 2.02. The van der Waals surface area contributed by atoms with E-state index in [4.69, 9.17) is 4.74 Å². The van der Waals surface area contributed by atoms with Crippen LogP contribution < -0.4 is 5.32 Å². The summed E-state index contributed by atoms with van der Waals surface area (Å²) in [6.45, 7) is 4.14. The van der Waals surface area contributed by atoms with Gasteiger partial charge in [-0.15, -0.1) is 11.3 Å². The van der Waals surface area contributed by atoms with E-state index in [2.05, 4.69) is 12.2 Å². The summed E-state index contributed by atoms with van der Waals surface area (Å²) in [5, 5.41) is 2.80. The maximum Gasteiger partial charge on any atom is 0.339 e. The van der Waals surface area contributed by atoms with Crippen molar-refractivity contribution in [1.82, 2.24) is 0 Å². The Bertz CT molecular complexity index is 691. The Morgan fingerprint density at radius 2 is 2.00 bits per heavy atom. The van der Waals surface area contributed by atoms with E-state index < -0.39 is 5.97 Å². The first-order valence-corrected chi connectivity index (χ1v) is 7.96. The molecule has 0 spiro atoms. The molecule has 4 nitrogen and oxygen atoms in total. The minimum atomic E-state index is -0.468. The second-order valence-electron chi connectivity index (χ2n) is 4.93. The van der Waals surface area contributed by atoms with Crippen LogP contribution in [0, 0.1) is 6.92 Å². The summed E-state index contributed by atoms with van der Waals surface area (Å²) < 4.78 is 4.73. The zero-order valence-corrected chi connectivity index (χ0v) is 13.8. The molecule has 0 aliphatic carbocycles. The topological polar surface area (TPSA) is 55.4 Å². The molecule has 2 aromatic rings. The molecule has 0 unspecified atom stereocenters. The van der Waals surface area contributed by atoms with Crippen LogP contribution in [-0.4, -0.2) is 19.0 Å². The lowest BCUT2D eigenvalue weighted by Crippen LogP contribution is -2.14. The SMILES string of the molecule is CCCc1cc(C(=O)Nc2ccccc2C(=O)OC)sc1C. The van der Waals surface area contributed by atoms with Crippen LogP contribution in [-0.2, 0) is 11.2 Å².